The molecule has 0 saturated heterocycles. The summed E-state index contributed by atoms with van der Waals surface area (Å²) in [5.41, 5.74) is 2.06. The fourth-order valence-corrected chi connectivity index (χ4v) is 9.93. The highest BCUT2D eigenvalue weighted by Gasteiger charge is 2.51. The van der Waals surface area contributed by atoms with E-state index in [4.69, 9.17) is 35.2 Å². The molecule has 0 saturated carbocycles. The van der Waals surface area contributed by atoms with E-state index < -0.39 is 17.5 Å². The summed E-state index contributed by atoms with van der Waals surface area (Å²) < 4.78 is 33.5. The van der Waals surface area contributed by atoms with Crippen LogP contribution in [0.4, 0.5) is 0 Å². The van der Waals surface area contributed by atoms with E-state index in [2.05, 4.69) is 103 Å². The second-order valence-electron chi connectivity index (χ2n) is 7.56. The van der Waals surface area contributed by atoms with E-state index in [0.717, 1.165) is 20.3 Å². The lowest BCUT2D eigenvalue weighted by atomic mass is 10.2. The van der Waals surface area contributed by atoms with Gasteiger partial charge in [-0.25, -0.2) is 0 Å². The van der Waals surface area contributed by atoms with Gasteiger partial charge in [0, 0.05) is 5.56 Å². The van der Waals surface area contributed by atoms with Crippen molar-refractivity contribution in [2.45, 2.75) is 0 Å². The van der Waals surface area contributed by atoms with Gasteiger partial charge < -0.3 is 0 Å². The molecule has 182 valence electrons. The first-order valence-electron chi connectivity index (χ1n) is 10.7. The minimum atomic E-state index is -4.69. The quantitative estimate of drug-likeness (QED) is 0.333. The summed E-state index contributed by atoms with van der Waals surface area (Å²) in [7, 11) is -6.97. The van der Waals surface area contributed by atoms with Crippen molar-refractivity contribution in [3.63, 3.8) is 0 Å². The van der Waals surface area contributed by atoms with E-state index in [-0.39, 0.29) is 0 Å². The highest BCUT2D eigenvalue weighted by atomic mass is 35.7. The highest BCUT2D eigenvalue weighted by molar-refractivity contribution is 8.01. The summed E-state index contributed by atoms with van der Waals surface area (Å²) in [4.78, 5) is 5.22. The van der Waals surface area contributed by atoms with Crippen molar-refractivity contribution < 1.29 is 28.9 Å². The molecular formula is C27H21Cl2NO4PS+. The van der Waals surface area contributed by atoms with Crippen molar-refractivity contribution in [2.75, 3.05) is 0 Å². The number of hydrogen-bond donors (Lipinski definition) is 1. The molecule has 0 bridgehead atoms. The van der Waals surface area contributed by atoms with Crippen LogP contribution in [0.3, 0.4) is 0 Å². The molecule has 0 spiro atoms. The predicted molar refractivity (Wildman–Crippen MR) is 140 cm³/mol. The Hall–Kier alpha value is -2.64. The normalized spacial score (nSPS) is 11.5. The number of rotatable bonds is 5. The number of aromatic nitrogens is 1. The zero-order valence-corrected chi connectivity index (χ0v) is 22.0. The number of hydrogen-bond acceptors (Lipinski definition) is 6. The zero-order valence-electron chi connectivity index (χ0n) is 18.8. The molecule has 0 atom stereocenters. The van der Waals surface area contributed by atoms with Crippen LogP contribution in [0.1, 0.15) is 0 Å². The Morgan fingerprint density at radius 3 is 1.33 bits per heavy atom. The smallest absolute Gasteiger partial charge is 0.199 e. The van der Waals surface area contributed by atoms with Crippen LogP contribution >= 0.6 is 30.2 Å². The predicted octanol–water partition coefficient (Wildman–Crippen LogP) is 1.96. The number of benzene rings is 4. The largest absolute Gasteiger partial charge is 0.228 e. The maximum atomic E-state index is 8.60. The van der Waals surface area contributed by atoms with Gasteiger partial charge in [-0.3, -0.25) is 0 Å². The van der Waals surface area contributed by atoms with E-state index in [1.54, 1.807) is 11.3 Å². The Bertz CT molecular complexity index is 1280. The maximum absolute atomic E-state index is 8.60. The number of nitrogens with zero attached hydrogens (tertiary/aromatic N) is 1. The lowest BCUT2D eigenvalue weighted by Gasteiger charge is -2.25. The third kappa shape index (κ3) is 6.01. The summed E-state index contributed by atoms with van der Waals surface area (Å²) in [6.07, 6.45) is 0. The second-order valence-corrected chi connectivity index (χ2v) is 13.3. The van der Waals surface area contributed by atoms with Crippen LogP contribution in [0.25, 0.3) is 10.6 Å². The fourth-order valence-electron chi connectivity index (χ4n) is 3.97. The van der Waals surface area contributed by atoms with Crippen molar-refractivity contribution in [2.24, 2.45) is 0 Å². The average molecular weight is 557 g/mol. The lowest BCUT2D eigenvalue weighted by molar-refractivity contribution is -1.92. The van der Waals surface area contributed by atoms with Crippen LogP contribution in [-0.2, 0) is 0 Å². The van der Waals surface area contributed by atoms with Crippen molar-refractivity contribution in [3.05, 3.63) is 126 Å². The van der Waals surface area contributed by atoms with Crippen molar-refractivity contribution in [3.8, 4) is 10.6 Å². The Balaban J connectivity index is 0.000000556. The molecule has 5 aromatic rings. The maximum Gasteiger partial charge on any atom is 0.228 e. The summed E-state index contributed by atoms with van der Waals surface area (Å²) in [5.74, 6) is 0. The Labute approximate surface area is 221 Å². The fraction of sp³-hybridized carbons (Fsp3) is 0. The van der Waals surface area contributed by atoms with Gasteiger partial charge in [0.05, 0.1) is 14.9 Å². The lowest BCUT2D eigenvalue weighted by Crippen LogP contribution is -2.58. The number of thiazole rings is 1. The third-order valence-corrected chi connectivity index (χ3v) is 11.1. The van der Waals surface area contributed by atoms with Gasteiger partial charge in [0.15, 0.2) is 11.6 Å². The molecule has 5 rings (SSSR count). The van der Waals surface area contributed by atoms with E-state index in [0.29, 0.717) is 0 Å². The molecule has 4 aromatic carbocycles. The average Bonchev–Trinajstić information content (AvgIpc) is 3.28. The summed E-state index contributed by atoms with van der Waals surface area (Å²) in [6, 6.07) is 42.4. The van der Waals surface area contributed by atoms with E-state index in [9.17, 15) is 0 Å². The van der Waals surface area contributed by atoms with Crippen LogP contribution in [0.2, 0.25) is 4.34 Å². The van der Waals surface area contributed by atoms with Gasteiger partial charge in [-0.1, -0.05) is 108 Å². The standard InChI is InChI=1S/C27H20ClNPS.ClHO4/c28-25-26(29-27(31-25)21-13-5-1-6-14-21)30(22-15-7-2-8-16-22,23-17-9-3-10-18-23)24-19-11-4-12-20-24;2-1(3,4)5/h1-20H;(H,2,3,4,5)/q+1;. The molecule has 1 N–H and O–H groups in total. The van der Waals surface area contributed by atoms with Gasteiger partial charge in [-0.2, -0.15) is 19.0 Å². The molecule has 0 unspecified atom stereocenters. The molecule has 0 aliphatic carbocycles. The number of halogens is 2. The molecule has 0 radical (unpaired) electrons. The Morgan fingerprint density at radius 1 is 0.639 bits per heavy atom. The molecule has 0 aliphatic heterocycles. The molecule has 0 fully saturated rings. The van der Waals surface area contributed by atoms with Crippen LogP contribution in [0, 0.1) is 10.2 Å². The third-order valence-electron chi connectivity index (χ3n) is 5.34. The van der Waals surface area contributed by atoms with Crippen LogP contribution in [0.15, 0.2) is 121 Å². The minimum Gasteiger partial charge on any atom is -0.199 e. The van der Waals surface area contributed by atoms with Crippen molar-refractivity contribution in [1.29, 1.82) is 0 Å². The van der Waals surface area contributed by atoms with Crippen LogP contribution in [-0.4, -0.2) is 9.64 Å². The summed E-state index contributed by atoms with van der Waals surface area (Å²) in [5, 5.41) is 4.70. The molecular weight excluding hydrogens is 536 g/mol. The molecule has 5 nitrogen and oxygen atoms in total. The van der Waals surface area contributed by atoms with Crippen molar-refractivity contribution in [1.82, 2.24) is 4.98 Å². The van der Waals surface area contributed by atoms with Gasteiger partial charge in [-0.05, 0) is 36.4 Å². The first-order valence-corrected chi connectivity index (χ1v) is 15.0. The minimum absolute atomic E-state index is 0.753. The topological polar surface area (TPSA) is 102 Å². The van der Waals surface area contributed by atoms with Gasteiger partial charge in [-0.15, -0.1) is 0 Å². The van der Waals surface area contributed by atoms with Crippen molar-refractivity contribution >= 4 is 51.5 Å². The Kier molecular flexibility index (Phi) is 8.52. The van der Waals surface area contributed by atoms with Gasteiger partial charge in [0.25, 0.3) is 0 Å². The van der Waals surface area contributed by atoms with Gasteiger partial charge >= 0.3 is 0 Å². The first-order chi connectivity index (χ1) is 17.3. The van der Waals surface area contributed by atoms with E-state index >= 15 is 0 Å². The first kappa shape index (κ1) is 26.4. The molecule has 0 amide bonds. The second kappa shape index (κ2) is 11.6. The molecule has 0 aliphatic rings. The summed E-state index contributed by atoms with van der Waals surface area (Å²) >= 11 is 8.57. The van der Waals surface area contributed by atoms with Gasteiger partial charge in [0.1, 0.15) is 20.9 Å². The van der Waals surface area contributed by atoms with Crippen LogP contribution < -0.4 is 35.3 Å². The monoisotopic (exact) mass is 556 g/mol. The summed E-state index contributed by atoms with van der Waals surface area (Å²) in [6.45, 7) is 0. The molecule has 36 heavy (non-hydrogen) atoms. The highest BCUT2D eigenvalue weighted by Crippen LogP contribution is 2.56. The molecule has 1 aromatic heterocycles. The van der Waals surface area contributed by atoms with Crippen LogP contribution in [0.5, 0.6) is 0 Å². The zero-order chi connectivity index (χ0) is 25.6. The van der Waals surface area contributed by atoms with E-state index in [1.807, 2.05) is 18.2 Å². The SMILES string of the molecule is Clc1sc(-c2ccccc2)nc1[P+](c1ccccc1)(c1ccccc1)c1ccccc1.[O-][Cl+3]([O-])([O-])O. The Morgan fingerprint density at radius 2 is 0.972 bits per heavy atom. The van der Waals surface area contributed by atoms with E-state index in [1.165, 1.54) is 15.9 Å². The molecule has 9 heteroatoms. The van der Waals surface area contributed by atoms with Gasteiger partial charge in [0.2, 0.25) is 5.44 Å². The molecule has 1 heterocycles.